The molecule has 1 aliphatic heterocycles. The topological polar surface area (TPSA) is 66.5 Å². The number of nitrogens with zero attached hydrogens (tertiary/aromatic N) is 1. The van der Waals surface area contributed by atoms with Crippen LogP contribution in [-0.4, -0.2) is 27.1 Å². The Morgan fingerprint density at radius 2 is 1.61 bits per heavy atom. The number of sulfonamides is 1. The molecular formula is C22H20N2O3S. The maximum atomic E-state index is 12.6. The molecule has 0 aliphatic carbocycles. The quantitative estimate of drug-likeness (QED) is 0.732. The lowest BCUT2D eigenvalue weighted by Gasteiger charge is -2.16. The number of hydrogen-bond acceptors (Lipinski definition) is 3. The van der Waals surface area contributed by atoms with Crippen LogP contribution in [0, 0.1) is 0 Å². The zero-order valence-electron chi connectivity index (χ0n) is 15.4. The molecule has 1 heterocycles. The Morgan fingerprint density at radius 1 is 0.929 bits per heavy atom. The Hall–Kier alpha value is -3.12. The summed E-state index contributed by atoms with van der Waals surface area (Å²) in [5, 5.41) is 2.90. The number of fused-ring (bicyclic) bond motifs is 1. The summed E-state index contributed by atoms with van der Waals surface area (Å²) in [5.41, 5.74) is 4.96. The molecule has 6 heteroatoms. The monoisotopic (exact) mass is 392 g/mol. The van der Waals surface area contributed by atoms with Gasteiger partial charge in [0.2, 0.25) is 10.0 Å². The molecule has 0 saturated heterocycles. The molecule has 0 unspecified atom stereocenters. The van der Waals surface area contributed by atoms with Crippen LogP contribution in [0.1, 0.15) is 15.9 Å². The minimum Gasteiger partial charge on any atom is -0.322 e. The third kappa shape index (κ3) is 3.64. The van der Waals surface area contributed by atoms with Crippen LogP contribution >= 0.6 is 0 Å². The zero-order chi connectivity index (χ0) is 19.7. The first-order chi connectivity index (χ1) is 13.4. The Morgan fingerprint density at radius 3 is 2.29 bits per heavy atom. The molecule has 28 heavy (non-hydrogen) atoms. The third-order valence-corrected chi connectivity index (χ3v) is 6.02. The Bertz CT molecular complexity index is 1120. The van der Waals surface area contributed by atoms with Gasteiger partial charge in [0.25, 0.3) is 5.91 Å². The van der Waals surface area contributed by atoms with Gasteiger partial charge in [0.05, 0.1) is 11.9 Å². The summed E-state index contributed by atoms with van der Waals surface area (Å²) < 4.78 is 25.0. The number of carbonyl (C=O) groups excluding carboxylic acids is 1. The van der Waals surface area contributed by atoms with Crippen molar-refractivity contribution in [1.29, 1.82) is 0 Å². The van der Waals surface area contributed by atoms with Crippen molar-refractivity contribution in [3.63, 3.8) is 0 Å². The van der Waals surface area contributed by atoms with E-state index in [2.05, 4.69) is 5.32 Å². The highest BCUT2D eigenvalue weighted by Gasteiger charge is 2.26. The fraction of sp³-hybridized carbons (Fsp3) is 0.136. The molecule has 3 aromatic rings. The van der Waals surface area contributed by atoms with E-state index in [1.54, 1.807) is 18.2 Å². The van der Waals surface area contributed by atoms with Gasteiger partial charge >= 0.3 is 0 Å². The molecule has 4 rings (SSSR count). The number of anilines is 2. The van der Waals surface area contributed by atoms with Gasteiger partial charge in [-0.3, -0.25) is 9.10 Å². The highest BCUT2D eigenvalue weighted by Crippen LogP contribution is 2.31. The summed E-state index contributed by atoms with van der Waals surface area (Å²) in [5.74, 6) is -0.215. The first-order valence-electron chi connectivity index (χ1n) is 8.99. The standard InChI is InChI=1S/C22H20N2O3S/c1-28(26,27)24-14-13-18-15-19(9-12-21(18)24)22(25)23-20-10-7-17(8-11-20)16-5-3-2-4-6-16/h2-12,15H,13-14H2,1H3,(H,23,25). The third-order valence-electron chi connectivity index (χ3n) is 4.84. The van der Waals surface area contributed by atoms with Gasteiger partial charge in [0.15, 0.2) is 0 Å². The molecule has 0 aromatic heterocycles. The molecular weight excluding hydrogens is 372 g/mol. The first-order valence-corrected chi connectivity index (χ1v) is 10.8. The van der Waals surface area contributed by atoms with E-state index in [1.165, 1.54) is 10.6 Å². The molecule has 0 atom stereocenters. The Kier molecular flexibility index (Phi) is 4.65. The summed E-state index contributed by atoms with van der Waals surface area (Å²) in [6.07, 6.45) is 1.80. The SMILES string of the molecule is CS(=O)(=O)N1CCc2cc(C(=O)Nc3ccc(-c4ccccc4)cc3)ccc21. The van der Waals surface area contributed by atoms with Crippen molar-refractivity contribution >= 4 is 27.3 Å². The van der Waals surface area contributed by atoms with Crippen LogP contribution in [0.25, 0.3) is 11.1 Å². The van der Waals surface area contributed by atoms with E-state index in [4.69, 9.17) is 0 Å². The van der Waals surface area contributed by atoms with Crippen molar-refractivity contribution in [3.8, 4) is 11.1 Å². The van der Waals surface area contributed by atoms with Crippen molar-refractivity contribution in [2.45, 2.75) is 6.42 Å². The van der Waals surface area contributed by atoms with Gasteiger partial charge < -0.3 is 5.32 Å². The van der Waals surface area contributed by atoms with Crippen LogP contribution < -0.4 is 9.62 Å². The van der Waals surface area contributed by atoms with Gasteiger partial charge in [-0.15, -0.1) is 0 Å². The fourth-order valence-electron chi connectivity index (χ4n) is 3.44. The van der Waals surface area contributed by atoms with Gasteiger partial charge in [-0.25, -0.2) is 8.42 Å². The highest BCUT2D eigenvalue weighted by molar-refractivity contribution is 7.92. The molecule has 1 aliphatic rings. The predicted molar refractivity (Wildman–Crippen MR) is 112 cm³/mol. The minimum absolute atomic E-state index is 0.215. The van der Waals surface area contributed by atoms with E-state index in [9.17, 15) is 13.2 Å². The van der Waals surface area contributed by atoms with Crippen LogP contribution in [0.5, 0.6) is 0 Å². The molecule has 1 N–H and O–H groups in total. The van der Waals surface area contributed by atoms with Gasteiger partial charge in [-0.2, -0.15) is 0 Å². The van der Waals surface area contributed by atoms with Gasteiger partial charge in [-0.1, -0.05) is 42.5 Å². The maximum absolute atomic E-state index is 12.6. The summed E-state index contributed by atoms with van der Waals surface area (Å²) in [6, 6.07) is 22.9. The van der Waals surface area contributed by atoms with Crippen molar-refractivity contribution in [1.82, 2.24) is 0 Å². The van der Waals surface area contributed by atoms with Crippen molar-refractivity contribution in [2.24, 2.45) is 0 Å². The second-order valence-electron chi connectivity index (χ2n) is 6.83. The average molecular weight is 392 g/mol. The lowest BCUT2D eigenvalue weighted by molar-refractivity contribution is 0.102. The molecule has 0 saturated carbocycles. The zero-order valence-corrected chi connectivity index (χ0v) is 16.2. The second kappa shape index (κ2) is 7.13. The molecule has 0 fully saturated rings. The molecule has 1 amide bonds. The van der Waals surface area contributed by atoms with Gasteiger partial charge in [-0.05, 0) is 53.4 Å². The lowest BCUT2D eigenvalue weighted by atomic mass is 10.1. The molecule has 0 spiro atoms. The summed E-state index contributed by atoms with van der Waals surface area (Å²) in [6.45, 7) is 0.417. The number of nitrogens with one attached hydrogen (secondary N) is 1. The van der Waals surface area contributed by atoms with Crippen LogP contribution in [0.4, 0.5) is 11.4 Å². The van der Waals surface area contributed by atoms with Crippen molar-refractivity contribution in [3.05, 3.63) is 83.9 Å². The van der Waals surface area contributed by atoms with Crippen LogP contribution in [0.3, 0.4) is 0 Å². The fourth-order valence-corrected chi connectivity index (χ4v) is 4.40. The molecule has 142 valence electrons. The molecule has 3 aromatic carbocycles. The van der Waals surface area contributed by atoms with Crippen molar-refractivity contribution < 1.29 is 13.2 Å². The highest BCUT2D eigenvalue weighted by atomic mass is 32.2. The Labute approximate surface area is 164 Å². The normalized spacial score (nSPS) is 13.2. The molecule has 0 radical (unpaired) electrons. The summed E-state index contributed by atoms with van der Waals surface area (Å²) >= 11 is 0. The van der Waals surface area contributed by atoms with E-state index in [0.29, 0.717) is 29.9 Å². The van der Waals surface area contributed by atoms with Crippen LogP contribution in [0.15, 0.2) is 72.8 Å². The molecule has 0 bridgehead atoms. The number of amides is 1. The Balaban J connectivity index is 1.50. The van der Waals surface area contributed by atoms with E-state index in [1.807, 2.05) is 54.6 Å². The summed E-state index contributed by atoms with van der Waals surface area (Å²) in [4.78, 5) is 12.6. The van der Waals surface area contributed by atoms with Gasteiger partial charge in [0, 0.05) is 17.8 Å². The van der Waals surface area contributed by atoms with Crippen LogP contribution in [0.2, 0.25) is 0 Å². The smallest absolute Gasteiger partial charge is 0.255 e. The average Bonchev–Trinajstić information content (AvgIpc) is 3.13. The lowest BCUT2D eigenvalue weighted by Crippen LogP contribution is -2.27. The number of rotatable bonds is 4. The summed E-state index contributed by atoms with van der Waals surface area (Å²) in [7, 11) is -3.29. The van der Waals surface area contributed by atoms with E-state index < -0.39 is 10.0 Å². The van der Waals surface area contributed by atoms with E-state index in [0.717, 1.165) is 16.7 Å². The van der Waals surface area contributed by atoms with E-state index in [-0.39, 0.29) is 5.91 Å². The second-order valence-corrected chi connectivity index (χ2v) is 8.73. The maximum Gasteiger partial charge on any atom is 0.255 e. The molecule has 5 nitrogen and oxygen atoms in total. The number of benzene rings is 3. The first kappa shape index (κ1) is 18.3. The van der Waals surface area contributed by atoms with E-state index >= 15 is 0 Å². The number of hydrogen-bond donors (Lipinski definition) is 1. The predicted octanol–water partition coefficient (Wildman–Crippen LogP) is 3.93. The van der Waals surface area contributed by atoms with Crippen LogP contribution in [-0.2, 0) is 16.4 Å². The minimum atomic E-state index is -3.29. The number of carbonyl (C=O) groups is 1. The van der Waals surface area contributed by atoms with Gasteiger partial charge in [0.1, 0.15) is 0 Å². The van der Waals surface area contributed by atoms with Crippen molar-refractivity contribution in [2.75, 3.05) is 22.4 Å². The largest absolute Gasteiger partial charge is 0.322 e.